The highest BCUT2D eigenvalue weighted by atomic mass is 16.3. The average molecular weight is 919 g/mol. The fourth-order valence-electron chi connectivity index (χ4n) is 13.7. The lowest BCUT2D eigenvalue weighted by molar-refractivity contribution is 0.332. The van der Waals surface area contributed by atoms with Crippen LogP contribution in [0.5, 0.6) is 0 Å². The van der Waals surface area contributed by atoms with Gasteiger partial charge < -0.3 is 14.2 Å². The van der Waals surface area contributed by atoms with E-state index in [0.29, 0.717) is 0 Å². The van der Waals surface area contributed by atoms with E-state index in [2.05, 4.69) is 223 Å². The Morgan fingerprint density at radius 1 is 0.486 bits per heavy atom. The molecule has 4 aliphatic rings. The van der Waals surface area contributed by atoms with Gasteiger partial charge in [-0.15, -0.1) is 0 Å². The molecule has 354 valence electrons. The van der Waals surface area contributed by atoms with E-state index in [-0.39, 0.29) is 33.8 Å². The maximum absolute atomic E-state index is 7.36. The first-order valence-corrected chi connectivity index (χ1v) is 26.2. The number of nitrogens with zero attached hydrogens (tertiary/aromatic N) is 2. The van der Waals surface area contributed by atoms with Crippen molar-refractivity contribution in [3.05, 3.63) is 159 Å². The molecule has 0 spiro atoms. The van der Waals surface area contributed by atoms with E-state index < -0.39 is 0 Å². The molecule has 7 aromatic carbocycles. The molecule has 0 N–H and O–H groups in total. The van der Waals surface area contributed by atoms with E-state index in [0.717, 1.165) is 30.4 Å². The normalized spacial score (nSPS) is 18.1. The zero-order chi connectivity index (χ0) is 49.4. The molecule has 0 fully saturated rings. The van der Waals surface area contributed by atoms with Gasteiger partial charge in [-0.2, -0.15) is 0 Å². The predicted octanol–water partition coefficient (Wildman–Crippen LogP) is 16.6. The highest BCUT2D eigenvalue weighted by Crippen LogP contribution is 2.54. The molecule has 0 amide bonds. The molecular formula is C66H71BN2O. The monoisotopic (exact) mass is 919 g/mol. The van der Waals surface area contributed by atoms with Gasteiger partial charge in [0.05, 0.1) is 0 Å². The number of benzene rings is 7. The van der Waals surface area contributed by atoms with Crippen molar-refractivity contribution >= 4 is 79.2 Å². The molecule has 2 aliphatic heterocycles. The Hall–Kier alpha value is -6.00. The molecule has 12 rings (SSSR count). The number of rotatable bonds is 3. The number of fused-ring (bicyclic) bond motifs is 10. The summed E-state index contributed by atoms with van der Waals surface area (Å²) in [5.74, 6) is 0. The smallest absolute Gasteiger partial charge is 0.257 e. The van der Waals surface area contributed by atoms with Crippen LogP contribution >= 0.6 is 0 Å². The number of hydrogen-bond donors (Lipinski definition) is 0. The van der Waals surface area contributed by atoms with Crippen LogP contribution in [-0.4, -0.2) is 6.71 Å². The molecule has 0 radical (unpaired) electrons. The van der Waals surface area contributed by atoms with Crippen LogP contribution in [-0.2, 0) is 27.1 Å². The zero-order valence-corrected chi connectivity index (χ0v) is 44.6. The van der Waals surface area contributed by atoms with E-state index in [1.165, 1.54) is 129 Å². The Morgan fingerprint density at radius 2 is 1.09 bits per heavy atom. The van der Waals surface area contributed by atoms with Crippen LogP contribution in [0.15, 0.2) is 114 Å². The molecule has 0 atom stereocenters. The van der Waals surface area contributed by atoms with Crippen LogP contribution in [0, 0.1) is 27.7 Å². The Kier molecular flexibility index (Phi) is 9.54. The second-order valence-corrected chi connectivity index (χ2v) is 25.8. The van der Waals surface area contributed by atoms with Gasteiger partial charge in [0.2, 0.25) is 0 Å². The standard InChI is InChI=1S/C66H71BN2O/c1-38-30-40(3)58(41(4)31-38)42-32-55-59-56(33-42)69(52-19-17-16-18-39(52)2)53-24-22-45-46-34-43(62(5,6)7)20-25-57(46)70-61(45)60(53)67(59)51-36-49-50(66(14,15)29-28-65(49,12)13)37-54(51)68(55)44-21-23-47-48(35-44)64(10,11)27-26-63(47,8)9/h16-25,30-37H,26-29H2,1-15H3. The first-order valence-electron chi connectivity index (χ1n) is 26.2. The van der Waals surface area contributed by atoms with Gasteiger partial charge in [0, 0.05) is 44.9 Å². The highest BCUT2D eigenvalue weighted by Gasteiger charge is 2.49. The van der Waals surface area contributed by atoms with Crippen LogP contribution in [0.25, 0.3) is 33.1 Å². The topological polar surface area (TPSA) is 19.6 Å². The third-order valence-corrected chi connectivity index (χ3v) is 17.9. The van der Waals surface area contributed by atoms with Crippen LogP contribution in [0.2, 0.25) is 0 Å². The number of para-hydroxylation sites is 1. The van der Waals surface area contributed by atoms with Gasteiger partial charge in [-0.05, 0) is 213 Å². The minimum absolute atomic E-state index is 0.000423. The fraction of sp³-hybridized carbons (Fsp3) is 0.364. The molecular weight excluding hydrogens is 848 g/mol. The Morgan fingerprint density at radius 3 is 1.73 bits per heavy atom. The molecule has 0 bridgehead atoms. The molecule has 1 aromatic heterocycles. The van der Waals surface area contributed by atoms with Gasteiger partial charge >= 0.3 is 0 Å². The van der Waals surface area contributed by atoms with E-state index in [4.69, 9.17) is 4.42 Å². The second-order valence-electron chi connectivity index (χ2n) is 25.8. The van der Waals surface area contributed by atoms with E-state index in [1.807, 2.05) is 0 Å². The van der Waals surface area contributed by atoms with Crippen molar-refractivity contribution in [2.24, 2.45) is 0 Å². The van der Waals surface area contributed by atoms with Crippen molar-refractivity contribution < 1.29 is 4.42 Å². The van der Waals surface area contributed by atoms with Crippen LogP contribution in [0.1, 0.15) is 152 Å². The molecule has 3 heterocycles. The molecule has 0 saturated heterocycles. The average Bonchev–Trinajstić information content (AvgIpc) is 3.67. The van der Waals surface area contributed by atoms with Gasteiger partial charge in [0.25, 0.3) is 6.71 Å². The summed E-state index contributed by atoms with van der Waals surface area (Å²) >= 11 is 0. The third-order valence-electron chi connectivity index (χ3n) is 17.9. The minimum atomic E-state index is -0.105. The summed E-state index contributed by atoms with van der Waals surface area (Å²) in [5, 5.41) is 2.37. The first-order chi connectivity index (χ1) is 32.9. The van der Waals surface area contributed by atoms with Gasteiger partial charge in [-0.1, -0.05) is 130 Å². The summed E-state index contributed by atoms with van der Waals surface area (Å²) in [7, 11) is 0. The van der Waals surface area contributed by atoms with Crippen molar-refractivity contribution in [2.75, 3.05) is 9.80 Å². The van der Waals surface area contributed by atoms with E-state index >= 15 is 0 Å². The first kappa shape index (κ1) is 45.2. The molecule has 3 nitrogen and oxygen atoms in total. The van der Waals surface area contributed by atoms with Gasteiger partial charge in [0.1, 0.15) is 11.2 Å². The lowest BCUT2D eigenvalue weighted by Gasteiger charge is -2.48. The molecule has 70 heavy (non-hydrogen) atoms. The molecule has 4 heteroatoms. The summed E-state index contributed by atoms with van der Waals surface area (Å²) in [6, 6.07) is 43.3. The lowest BCUT2D eigenvalue weighted by Crippen LogP contribution is -2.62. The van der Waals surface area contributed by atoms with Gasteiger partial charge in [0.15, 0.2) is 0 Å². The summed E-state index contributed by atoms with van der Waals surface area (Å²) in [6.45, 7) is 35.7. The number of furan rings is 1. The van der Waals surface area contributed by atoms with Crippen LogP contribution in [0.3, 0.4) is 0 Å². The van der Waals surface area contributed by atoms with Crippen molar-refractivity contribution in [3.8, 4) is 11.1 Å². The predicted molar refractivity (Wildman–Crippen MR) is 301 cm³/mol. The summed E-state index contributed by atoms with van der Waals surface area (Å²) in [4.78, 5) is 5.31. The minimum Gasteiger partial charge on any atom is -0.457 e. The van der Waals surface area contributed by atoms with Crippen molar-refractivity contribution in [1.82, 2.24) is 0 Å². The maximum Gasteiger partial charge on any atom is 0.257 e. The SMILES string of the molecule is Cc1cc(C)c(-c2cc3c4c(c2)N(c2ccccc2C)c2ccc5c(oc6ccc(C(C)(C)C)cc65)c2B4c2cc4c(cc2N3c2ccc3c(c2)C(C)(C)CCC3(C)C)C(C)(C)CCC4(C)C)c(C)c1. The van der Waals surface area contributed by atoms with Crippen LogP contribution < -0.4 is 26.2 Å². The summed E-state index contributed by atoms with van der Waals surface area (Å²) < 4.78 is 7.36. The summed E-state index contributed by atoms with van der Waals surface area (Å²) in [6.07, 6.45) is 4.65. The number of hydrogen-bond acceptors (Lipinski definition) is 3. The van der Waals surface area contributed by atoms with Crippen molar-refractivity contribution in [1.29, 1.82) is 0 Å². The largest absolute Gasteiger partial charge is 0.457 e. The Labute approximate surface area is 418 Å². The third kappa shape index (κ3) is 6.53. The molecule has 2 aliphatic carbocycles. The second kappa shape index (κ2) is 14.8. The number of anilines is 6. The van der Waals surface area contributed by atoms with Crippen molar-refractivity contribution in [2.45, 2.75) is 157 Å². The molecule has 8 aromatic rings. The quantitative estimate of drug-likeness (QED) is 0.165. The zero-order valence-electron chi connectivity index (χ0n) is 44.6. The lowest BCUT2D eigenvalue weighted by atomic mass is 9.32. The Balaban J connectivity index is 1.27. The van der Waals surface area contributed by atoms with Gasteiger partial charge in [-0.3, -0.25) is 0 Å². The van der Waals surface area contributed by atoms with Gasteiger partial charge in [-0.25, -0.2) is 0 Å². The summed E-state index contributed by atoms with van der Waals surface area (Å²) in [5.41, 5.74) is 28.4. The maximum atomic E-state index is 7.36. The van der Waals surface area contributed by atoms with E-state index in [9.17, 15) is 0 Å². The molecule has 0 saturated carbocycles. The van der Waals surface area contributed by atoms with E-state index in [1.54, 1.807) is 0 Å². The van der Waals surface area contributed by atoms with Crippen LogP contribution in [0.4, 0.5) is 34.1 Å². The number of aryl methyl sites for hydroxylation is 4. The fourth-order valence-corrected chi connectivity index (χ4v) is 13.7. The molecule has 0 unspecified atom stereocenters. The Bertz CT molecular complexity index is 3530. The van der Waals surface area contributed by atoms with Crippen molar-refractivity contribution in [3.63, 3.8) is 0 Å². The highest BCUT2D eigenvalue weighted by molar-refractivity contribution is 7.01.